The molecule has 0 atom stereocenters. The van der Waals surface area contributed by atoms with Gasteiger partial charge in [-0.2, -0.15) is 31.8 Å². The molecule has 20 heteroatoms. The quantitative estimate of drug-likeness (QED) is 0.0804. The molecule has 1 aliphatic carbocycles. The number of anilines is 7. The highest BCUT2D eigenvalue weighted by atomic mass is 35.5. The molecule has 0 unspecified atom stereocenters. The Labute approximate surface area is 286 Å². The summed E-state index contributed by atoms with van der Waals surface area (Å²) in [5, 5.41) is 17.0. The Morgan fingerprint density at radius 3 is 1.84 bits per heavy atom. The van der Waals surface area contributed by atoms with Crippen LogP contribution in [0.1, 0.15) is 42.2 Å². The summed E-state index contributed by atoms with van der Waals surface area (Å²) >= 11 is 6.05. The van der Waals surface area contributed by atoms with Gasteiger partial charge in [-0.25, -0.2) is 4.79 Å². The summed E-state index contributed by atoms with van der Waals surface area (Å²) in [7, 11) is -10.1. The predicted octanol–water partition coefficient (Wildman–Crippen LogP) is 4.31. The lowest BCUT2D eigenvalue weighted by atomic mass is 9.82. The molecule has 0 aliphatic heterocycles. The van der Waals surface area contributed by atoms with Crippen LogP contribution in [0.5, 0.6) is 0 Å². The van der Waals surface area contributed by atoms with E-state index < -0.39 is 70.1 Å². The number of nitrogens with one attached hydrogen (secondary N) is 3. The Morgan fingerprint density at radius 2 is 1.26 bits per heavy atom. The second-order valence-electron chi connectivity index (χ2n) is 10.5. The molecule has 0 spiro atoms. The highest BCUT2D eigenvalue weighted by Crippen LogP contribution is 2.41. The van der Waals surface area contributed by atoms with Crippen molar-refractivity contribution in [2.45, 2.75) is 9.79 Å². The lowest BCUT2D eigenvalue weighted by molar-refractivity contribution is 0.0696. The van der Waals surface area contributed by atoms with Gasteiger partial charge in [0.15, 0.2) is 11.6 Å². The highest BCUT2D eigenvalue weighted by molar-refractivity contribution is 7.86. The number of hydrogen-bond acceptors (Lipinski definition) is 14. The van der Waals surface area contributed by atoms with E-state index in [1.54, 1.807) is 6.07 Å². The Kier molecular flexibility index (Phi) is 8.46. The van der Waals surface area contributed by atoms with E-state index in [9.17, 15) is 45.4 Å². The molecule has 0 saturated heterocycles. The number of ketones is 2. The Morgan fingerprint density at radius 1 is 0.680 bits per heavy atom. The number of aromatic nitrogens is 3. The molecule has 6 rings (SSSR count). The average molecular weight is 738 g/mol. The number of benzene rings is 4. The lowest BCUT2D eigenvalue weighted by Gasteiger charge is -2.24. The van der Waals surface area contributed by atoms with E-state index in [2.05, 4.69) is 30.9 Å². The number of aromatic carboxylic acids is 1. The largest absolute Gasteiger partial charge is 0.478 e. The number of nitrogens with zero attached hydrogens (tertiary/aromatic N) is 3. The molecule has 1 aliphatic rings. The molecule has 0 bridgehead atoms. The first kappa shape index (κ1) is 33.9. The third kappa shape index (κ3) is 6.53. The van der Waals surface area contributed by atoms with E-state index in [1.807, 2.05) is 0 Å². The number of carboxylic acids is 1. The van der Waals surface area contributed by atoms with Crippen LogP contribution in [-0.4, -0.2) is 63.5 Å². The smallest absolute Gasteiger partial charge is 0.335 e. The van der Waals surface area contributed by atoms with Crippen molar-refractivity contribution in [1.29, 1.82) is 0 Å². The molecule has 1 heterocycles. The minimum atomic E-state index is -5.08. The number of hydrogen-bond donors (Lipinski definition) is 7. The van der Waals surface area contributed by atoms with Crippen LogP contribution in [0, 0.1) is 0 Å². The molecule has 5 aromatic rings. The third-order valence-corrected chi connectivity index (χ3v) is 9.19. The fourth-order valence-corrected chi connectivity index (χ4v) is 6.60. The molecule has 8 N–H and O–H groups in total. The summed E-state index contributed by atoms with van der Waals surface area (Å²) in [6.07, 6.45) is 0. The maximum Gasteiger partial charge on any atom is 0.335 e. The fourth-order valence-electron chi connectivity index (χ4n) is 5.12. The maximum absolute atomic E-state index is 13.6. The van der Waals surface area contributed by atoms with E-state index in [0.29, 0.717) is 5.69 Å². The van der Waals surface area contributed by atoms with Gasteiger partial charge in [0.05, 0.1) is 33.8 Å². The van der Waals surface area contributed by atoms with Crippen LogP contribution in [-0.2, 0) is 20.2 Å². The number of nitrogens with two attached hydrogens (primary N) is 1. The number of halogens is 1. The van der Waals surface area contributed by atoms with Crippen LogP contribution < -0.4 is 21.7 Å². The first-order chi connectivity index (χ1) is 23.5. The summed E-state index contributed by atoms with van der Waals surface area (Å²) in [6, 6.07) is 15.5. The summed E-state index contributed by atoms with van der Waals surface area (Å²) in [4.78, 5) is 48.7. The molecule has 0 saturated carbocycles. The maximum atomic E-state index is 13.6. The van der Waals surface area contributed by atoms with Gasteiger partial charge in [-0.05, 0) is 54.1 Å². The predicted molar refractivity (Wildman–Crippen MR) is 178 cm³/mol. The van der Waals surface area contributed by atoms with Crippen LogP contribution in [0.2, 0.25) is 5.28 Å². The third-order valence-electron chi connectivity index (χ3n) is 7.24. The Bertz CT molecular complexity index is 2530. The second kappa shape index (κ2) is 12.5. The monoisotopic (exact) mass is 737 g/mol. The van der Waals surface area contributed by atoms with Crippen molar-refractivity contribution in [3.63, 3.8) is 0 Å². The highest BCUT2D eigenvalue weighted by Gasteiger charge is 2.37. The zero-order chi connectivity index (χ0) is 36.1. The van der Waals surface area contributed by atoms with Crippen molar-refractivity contribution in [3.8, 4) is 0 Å². The minimum Gasteiger partial charge on any atom is -0.478 e. The van der Waals surface area contributed by atoms with Crippen LogP contribution >= 0.6 is 11.6 Å². The van der Waals surface area contributed by atoms with Gasteiger partial charge in [-0.1, -0.05) is 30.3 Å². The molecule has 1 aromatic heterocycles. The lowest BCUT2D eigenvalue weighted by Crippen LogP contribution is -2.25. The van der Waals surface area contributed by atoms with Crippen molar-refractivity contribution in [3.05, 3.63) is 106 Å². The van der Waals surface area contributed by atoms with E-state index >= 15 is 0 Å². The van der Waals surface area contributed by atoms with Gasteiger partial charge in [0.1, 0.15) is 9.79 Å². The standard InChI is InChI=1S/C30H20ClN7O10S2/c31-28-36-29(33-14-5-3-4-13(10-14)27(41)42)38-30(37-28)34-15-8-9-18(20(11-15)49(43,44)45)35-19-12-21(50(46,47)48)24(32)23-22(19)25(39)16-6-1-2-7-17(16)26(23)40/h1-12,35H,32H2,(H,41,42)(H,43,44,45)(H,46,47,48)(H2,33,34,36,37,38). The molecule has 0 amide bonds. The topological polar surface area (TPSA) is 281 Å². The van der Waals surface area contributed by atoms with Crippen molar-refractivity contribution < 1.29 is 45.4 Å². The fraction of sp³-hybridized carbons (Fsp3) is 0. The normalized spacial score (nSPS) is 12.5. The first-order valence-corrected chi connectivity index (χ1v) is 17.1. The summed E-state index contributed by atoms with van der Waals surface area (Å²) < 4.78 is 69.8. The van der Waals surface area contributed by atoms with E-state index in [-0.39, 0.29) is 45.2 Å². The van der Waals surface area contributed by atoms with Crippen molar-refractivity contribution in [2.75, 3.05) is 21.7 Å². The van der Waals surface area contributed by atoms with Crippen LogP contribution in [0.25, 0.3) is 0 Å². The number of nitrogen functional groups attached to an aromatic ring is 1. The molecule has 0 fully saturated rings. The molecule has 0 radical (unpaired) electrons. The zero-order valence-corrected chi connectivity index (χ0v) is 27.1. The molecule has 50 heavy (non-hydrogen) atoms. The number of carbonyl (C=O) groups excluding carboxylic acids is 2. The zero-order valence-electron chi connectivity index (χ0n) is 24.7. The van der Waals surface area contributed by atoms with Gasteiger partial charge in [-0.15, -0.1) is 0 Å². The molecule has 4 aromatic carbocycles. The Hall–Kier alpha value is -5.99. The van der Waals surface area contributed by atoms with Gasteiger partial charge in [-0.3, -0.25) is 18.7 Å². The second-order valence-corrected chi connectivity index (χ2v) is 13.6. The minimum absolute atomic E-state index is 0.0191. The summed E-state index contributed by atoms with van der Waals surface area (Å²) in [5.74, 6) is -3.08. The van der Waals surface area contributed by atoms with E-state index in [0.717, 1.165) is 18.2 Å². The van der Waals surface area contributed by atoms with Gasteiger partial charge >= 0.3 is 5.97 Å². The first-order valence-electron chi connectivity index (χ1n) is 13.8. The van der Waals surface area contributed by atoms with Crippen LogP contribution in [0.3, 0.4) is 0 Å². The van der Waals surface area contributed by atoms with Crippen molar-refractivity contribution in [1.82, 2.24) is 15.0 Å². The van der Waals surface area contributed by atoms with Crippen LogP contribution in [0.4, 0.5) is 40.3 Å². The summed E-state index contributed by atoms with van der Waals surface area (Å²) in [5.41, 5.74) is 3.68. The molecule has 17 nitrogen and oxygen atoms in total. The number of rotatable bonds is 9. The molecule has 254 valence electrons. The van der Waals surface area contributed by atoms with Gasteiger partial charge < -0.3 is 26.8 Å². The average Bonchev–Trinajstić information content (AvgIpc) is 3.03. The van der Waals surface area contributed by atoms with E-state index in [1.165, 1.54) is 48.5 Å². The van der Waals surface area contributed by atoms with Gasteiger partial charge in [0.2, 0.25) is 17.2 Å². The van der Waals surface area contributed by atoms with E-state index in [4.69, 9.17) is 17.3 Å². The molecular formula is C30H20ClN7O10S2. The summed E-state index contributed by atoms with van der Waals surface area (Å²) in [6.45, 7) is 0. The van der Waals surface area contributed by atoms with Gasteiger partial charge in [0, 0.05) is 22.5 Å². The van der Waals surface area contributed by atoms with Crippen molar-refractivity contribution >= 4 is 89.7 Å². The van der Waals surface area contributed by atoms with Crippen LogP contribution in [0.15, 0.2) is 82.6 Å². The SMILES string of the molecule is Nc1c(S(=O)(=O)O)cc(Nc2ccc(Nc3nc(Cl)nc(Nc4cccc(C(=O)O)c4)n3)cc2S(=O)(=O)O)c2c1C(=O)c1ccccc1C2=O. The number of carbonyl (C=O) groups is 3. The van der Waals surface area contributed by atoms with Crippen molar-refractivity contribution in [2.24, 2.45) is 0 Å². The number of fused-ring (bicyclic) bond motifs is 2. The Balaban J connectivity index is 1.39. The number of carboxylic acid groups (broad SMARTS) is 1. The van der Waals surface area contributed by atoms with Gasteiger partial charge in [0.25, 0.3) is 20.2 Å². The molecular weight excluding hydrogens is 718 g/mol.